The lowest BCUT2D eigenvalue weighted by Crippen LogP contribution is -2.40. The molecule has 1 amide bonds. The molecular formula is C20H22FNO4. The number of benzene rings is 2. The summed E-state index contributed by atoms with van der Waals surface area (Å²) in [5.74, 6) is -0.108. The van der Waals surface area contributed by atoms with Gasteiger partial charge in [-0.25, -0.2) is 4.39 Å². The van der Waals surface area contributed by atoms with Gasteiger partial charge in [0, 0.05) is 12.1 Å². The van der Waals surface area contributed by atoms with E-state index in [1.54, 1.807) is 0 Å². The van der Waals surface area contributed by atoms with Gasteiger partial charge in [-0.15, -0.1) is 0 Å². The molecule has 2 aromatic rings. The average Bonchev–Trinajstić information content (AvgIpc) is 3.03. The van der Waals surface area contributed by atoms with Crippen molar-refractivity contribution in [3.63, 3.8) is 0 Å². The lowest BCUT2D eigenvalue weighted by molar-refractivity contribution is 0.00412. The Morgan fingerprint density at radius 1 is 1.27 bits per heavy atom. The van der Waals surface area contributed by atoms with Crippen LogP contribution in [-0.4, -0.2) is 48.3 Å². The largest absolute Gasteiger partial charge is 0.494 e. The van der Waals surface area contributed by atoms with Crippen LogP contribution in [0.25, 0.3) is 0 Å². The first kappa shape index (κ1) is 18.2. The normalized spacial score (nSPS) is 19.5. The summed E-state index contributed by atoms with van der Waals surface area (Å²) in [6.45, 7) is 2.56. The van der Waals surface area contributed by atoms with Crippen molar-refractivity contribution < 1.29 is 23.8 Å². The predicted molar refractivity (Wildman–Crippen MR) is 95.1 cm³/mol. The van der Waals surface area contributed by atoms with Crippen molar-refractivity contribution in [2.45, 2.75) is 18.9 Å². The number of β-amino-alcohol motifs (C(OH)–C–C–N with tert-alkyl or cyclic N) is 1. The van der Waals surface area contributed by atoms with Gasteiger partial charge in [0.25, 0.3) is 5.91 Å². The fourth-order valence-electron chi connectivity index (χ4n) is 3.06. The maximum atomic E-state index is 13.8. The van der Waals surface area contributed by atoms with Crippen LogP contribution >= 0.6 is 0 Å². The molecule has 1 heterocycles. The molecule has 1 aliphatic rings. The fourth-order valence-corrected chi connectivity index (χ4v) is 3.06. The molecule has 6 heteroatoms. The second-order valence-corrected chi connectivity index (χ2v) is 6.60. The summed E-state index contributed by atoms with van der Waals surface area (Å²) in [7, 11) is 1.37. The average molecular weight is 359 g/mol. The molecule has 0 aliphatic carbocycles. The summed E-state index contributed by atoms with van der Waals surface area (Å²) in [5.41, 5.74) is 0.0891. The number of aryl methyl sites for hydroxylation is 1. The van der Waals surface area contributed by atoms with Gasteiger partial charge in [0.05, 0.1) is 13.7 Å². The van der Waals surface area contributed by atoms with Crippen LogP contribution in [0.5, 0.6) is 11.5 Å². The quantitative estimate of drug-likeness (QED) is 0.892. The Labute approximate surface area is 152 Å². The number of hydrogen-bond acceptors (Lipinski definition) is 4. The number of nitrogens with zero attached hydrogens (tertiary/aromatic N) is 1. The number of methoxy groups -OCH3 is 1. The minimum Gasteiger partial charge on any atom is -0.494 e. The highest BCUT2D eigenvalue weighted by Gasteiger charge is 2.39. The number of hydrogen-bond donors (Lipinski definition) is 1. The molecule has 1 fully saturated rings. The van der Waals surface area contributed by atoms with Gasteiger partial charge in [-0.05, 0) is 43.2 Å². The molecule has 0 radical (unpaired) electrons. The van der Waals surface area contributed by atoms with Crippen molar-refractivity contribution in [2.24, 2.45) is 0 Å². The highest BCUT2D eigenvalue weighted by atomic mass is 19.1. The van der Waals surface area contributed by atoms with Gasteiger partial charge in [-0.2, -0.15) is 0 Å². The van der Waals surface area contributed by atoms with Gasteiger partial charge in [-0.3, -0.25) is 4.79 Å². The number of halogens is 1. The summed E-state index contributed by atoms with van der Waals surface area (Å²) in [4.78, 5) is 14.1. The van der Waals surface area contributed by atoms with Gasteiger partial charge in [0.2, 0.25) is 0 Å². The van der Waals surface area contributed by atoms with E-state index >= 15 is 0 Å². The Hall–Kier alpha value is -2.60. The van der Waals surface area contributed by atoms with E-state index in [1.807, 2.05) is 31.2 Å². The first-order valence-corrected chi connectivity index (χ1v) is 8.45. The molecule has 1 N–H and O–H groups in total. The number of likely N-dealkylation sites (tertiary alicyclic amines) is 1. The van der Waals surface area contributed by atoms with Gasteiger partial charge in [0.15, 0.2) is 11.6 Å². The molecule has 0 bridgehead atoms. The second-order valence-electron chi connectivity index (χ2n) is 6.60. The number of carbonyl (C=O) groups is 1. The maximum Gasteiger partial charge on any atom is 0.254 e. The third-order valence-corrected chi connectivity index (χ3v) is 4.61. The number of ether oxygens (including phenoxy) is 2. The van der Waals surface area contributed by atoms with Crippen molar-refractivity contribution in [1.29, 1.82) is 0 Å². The first-order chi connectivity index (χ1) is 12.4. The summed E-state index contributed by atoms with van der Waals surface area (Å²) in [6.07, 6.45) is 0.406. The van der Waals surface area contributed by atoms with Gasteiger partial charge < -0.3 is 19.5 Å². The third kappa shape index (κ3) is 3.80. The predicted octanol–water partition coefficient (Wildman–Crippen LogP) is 2.80. The molecule has 0 unspecified atom stereocenters. The van der Waals surface area contributed by atoms with Crippen molar-refractivity contribution in [2.75, 3.05) is 26.8 Å². The Bertz CT molecular complexity index is 810. The zero-order chi connectivity index (χ0) is 18.7. The molecular weight excluding hydrogens is 337 g/mol. The standard InChI is InChI=1S/C20H22FNO4/c1-14-5-3-4-6-17(14)26-13-20(24)9-10-22(12-20)19(23)15-7-8-18(25-2)16(21)11-15/h3-8,11,24H,9-10,12-13H2,1-2H3/t20-/m1/s1. The molecule has 1 aliphatic heterocycles. The van der Waals surface area contributed by atoms with Crippen LogP contribution < -0.4 is 9.47 Å². The van der Waals surface area contributed by atoms with E-state index in [2.05, 4.69) is 0 Å². The summed E-state index contributed by atoms with van der Waals surface area (Å²) >= 11 is 0. The van der Waals surface area contributed by atoms with E-state index in [9.17, 15) is 14.3 Å². The molecule has 1 saturated heterocycles. The number of aliphatic hydroxyl groups is 1. The number of amides is 1. The Morgan fingerprint density at radius 2 is 2.04 bits per heavy atom. The SMILES string of the molecule is COc1ccc(C(=O)N2CC[C@](O)(COc3ccccc3C)C2)cc1F. The molecule has 1 atom stereocenters. The van der Waals surface area contributed by atoms with Crippen molar-refractivity contribution in [3.8, 4) is 11.5 Å². The molecule has 26 heavy (non-hydrogen) atoms. The zero-order valence-corrected chi connectivity index (χ0v) is 14.9. The molecule has 138 valence electrons. The van der Waals surface area contributed by atoms with Crippen LogP contribution in [0.4, 0.5) is 4.39 Å². The Balaban J connectivity index is 1.64. The smallest absolute Gasteiger partial charge is 0.254 e. The van der Waals surface area contributed by atoms with E-state index in [-0.39, 0.29) is 30.4 Å². The lowest BCUT2D eigenvalue weighted by atomic mass is 10.1. The first-order valence-electron chi connectivity index (χ1n) is 8.45. The summed E-state index contributed by atoms with van der Waals surface area (Å²) in [5, 5.41) is 10.7. The van der Waals surface area contributed by atoms with E-state index < -0.39 is 11.4 Å². The highest BCUT2D eigenvalue weighted by molar-refractivity contribution is 5.94. The van der Waals surface area contributed by atoms with Crippen LogP contribution in [-0.2, 0) is 0 Å². The van der Waals surface area contributed by atoms with Crippen molar-refractivity contribution >= 4 is 5.91 Å². The van der Waals surface area contributed by atoms with Gasteiger partial charge in [0.1, 0.15) is 18.0 Å². The Morgan fingerprint density at radius 3 is 2.73 bits per heavy atom. The molecule has 2 aromatic carbocycles. The fraction of sp³-hybridized carbons (Fsp3) is 0.350. The monoisotopic (exact) mass is 359 g/mol. The molecule has 3 rings (SSSR count). The van der Waals surface area contributed by atoms with Gasteiger partial charge >= 0.3 is 0 Å². The molecule has 0 saturated carbocycles. The van der Waals surface area contributed by atoms with Crippen LogP contribution in [0, 0.1) is 12.7 Å². The van der Waals surface area contributed by atoms with Gasteiger partial charge in [-0.1, -0.05) is 18.2 Å². The van der Waals surface area contributed by atoms with Crippen molar-refractivity contribution in [3.05, 3.63) is 59.4 Å². The summed E-state index contributed by atoms with van der Waals surface area (Å²) < 4.78 is 24.4. The maximum absolute atomic E-state index is 13.8. The zero-order valence-electron chi connectivity index (χ0n) is 14.9. The van der Waals surface area contributed by atoms with E-state index in [4.69, 9.17) is 9.47 Å². The minimum atomic E-state index is -1.12. The third-order valence-electron chi connectivity index (χ3n) is 4.61. The number of carbonyl (C=O) groups excluding carboxylic acids is 1. The van der Waals surface area contributed by atoms with E-state index in [0.29, 0.717) is 18.7 Å². The van der Waals surface area contributed by atoms with Crippen LogP contribution in [0.1, 0.15) is 22.3 Å². The topological polar surface area (TPSA) is 59.0 Å². The van der Waals surface area contributed by atoms with Crippen molar-refractivity contribution in [1.82, 2.24) is 4.90 Å². The van der Waals surface area contributed by atoms with Crippen LogP contribution in [0.15, 0.2) is 42.5 Å². The van der Waals surface area contributed by atoms with E-state index in [1.165, 1.54) is 24.1 Å². The Kier molecular flexibility index (Phi) is 5.13. The minimum absolute atomic E-state index is 0.0890. The molecule has 0 aromatic heterocycles. The molecule has 0 spiro atoms. The number of para-hydroxylation sites is 1. The van der Waals surface area contributed by atoms with Crippen LogP contribution in [0.2, 0.25) is 0 Å². The lowest BCUT2D eigenvalue weighted by Gasteiger charge is -2.24. The highest BCUT2D eigenvalue weighted by Crippen LogP contribution is 2.26. The van der Waals surface area contributed by atoms with E-state index in [0.717, 1.165) is 11.6 Å². The molecule has 5 nitrogen and oxygen atoms in total. The van der Waals surface area contributed by atoms with Crippen LogP contribution in [0.3, 0.4) is 0 Å². The second kappa shape index (κ2) is 7.33. The number of rotatable bonds is 5. The summed E-state index contributed by atoms with van der Waals surface area (Å²) in [6, 6.07) is 11.7.